The molecule has 1 rings (SSSR count). The maximum absolute atomic E-state index is 8.80. The van der Waals surface area contributed by atoms with Crippen LogP contribution in [0.5, 0.6) is 0 Å². The van der Waals surface area contributed by atoms with Crippen LogP contribution in [0.25, 0.3) is 0 Å². The maximum Gasteiger partial charge on any atom is 0.100 e. The molecule has 0 aliphatic rings. The molecule has 0 spiro atoms. The molecule has 0 amide bonds. The summed E-state index contributed by atoms with van der Waals surface area (Å²) in [5.41, 5.74) is 1.75. The van der Waals surface area contributed by atoms with E-state index in [1.807, 2.05) is 12.1 Å². The lowest BCUT2D eigenvalue weighted by Gasteiger charge is -2.19. The summed E-state index contributed by atoms with van der Waals surface area (Å²) in [5.74, 6) is 0. The van der Waals surface area contributed by atoms with E-state index in [9.17, 15) is 0 Å². The molecule has 12 heavy (non-hydrogen) atoms. The molecule has 0 aliphatic carbocycles. The van der Waals surface area contributed by atoms with Crippen LogP contribution < -0.4 is 0 Å². The van der Waals surface area contributed by atoms with Crippen molar-refractivity contribution in [3.63, 3.8) is 0 Å². The number of benzene rings is 1. The van der Waals surface area contributed by atoms with E-state index in [0.717, 1.165) is 5.56 Å². The molecule has 0 aromatic heterocycles. The van der Waals surface area contributed by atoms with Gasteiger partial charge < -0.3 is 0 Å². The van der Waals surface area contributed by atoms with Gasteiger partial charge >= 0.3 is 0 Å². The first-order chi connectivity index (χ1) is 5.55. The number of hydrogen-bond donors (Lipinski definition) is 0. The van der Waals surface area contributed by atoms with Crippen molar-refractivity contribution in [1.29, 1.82) is 5.26 Å². The Hall–Kier alpha value is -1.29. The summed E-state index contributed by atoms with van der Waals surface area (Å²) in [6.07, 6.45) is 0. The van der Waals surface area contributed by atoms with Gasteiger partial charge in [0.2, 0.25) is 0 Å². The summed E-state index contributed by atoms with van der Waals surface area (Å²) in [7, 11) is 0. The summed E-state index contributed by atoms with van der Waals surface area (Å²) < 4.78 is 0. The van der Waals surface area contributed by atoms with Crippen molar-refractivity contribution in [2.75, 3.05) is 0 Å². The van der Waals surface area contributed by atoms with Crippen LogP contribution in [0, 0.1) is 17.4 Å². The molecule has 0 bridgehead atoms. The van der Waals surface area contributed by atoms with Crippen LogP contribution in [-0.4, -0.2) is 0 Å². The summed E-state index contributed by atoms with van der Waals surface area (Å²) in [5, 5.41) is 8.80. The highest BCUT2D eigenvalue weighted by atomic mass is 14.3. The van der Waals surface area contributed by atoms with Gasteiger partial charge in [0, 0.05) is 6.07 Å². The predicted octanol–water partition coefficient (Wildman–Crippen LogP) is 2.66. The molecule has 1 radical (unpaired) electrons. The average Bonchev–Trinajstić information content (AvgIpc) is 2.03. The molecular formula is C11H12N. The Bertz CT molecular complexity index is 313. The molecule has 0 saturated heterocycles. The largest absolute Gasteiger partial charge is 0.192 e. The second kappa shape index (κ2) is 2.98. The zero-order valence-electron chi connectivity index (χ0n) is 7.68. The van der Waals surface area contributed by atoms with Gasteiger partial charge in [-0.3, -0.25) is 0 Å². The van der Waals surface area contributed by atoms with Crippen molar-refractivity contribution in [3.05, 3.63) is 35.4 Å². The van der Waals surface area contributed by atoms with Crippen molar-refractivity contribution in [2.45, 2.75) is 26.2 Å². The highest BCUT2D eigenvalue weighted by Crippen LogP contribution is 2.24. The van der Waals surface area contributed by atoms with Gasteiger partial charge in [-0.1, -0.05) is 39.0 Å². The van der Waals surface area contributed by atoms with Crippen molar-refractivity contribution >= 4 is 0 Å². The van der Waals surface area contributed by atoms with E-state index in [1.54, 1.807) is 6.07 Å². The Morgan fingerprint density at radius 3 is 2.50 bits per heavy atom. The molecule has 0 atom stereocenters. The molecule has 1 aromatic carbocycles. The second-order valence-electron chi connectivity index (χ2n) is 3.82. The first-order valence-electron chi connectivity index (χ1n) is 3.97. The minimum atomic E-state index is 0.0306. The minimum Gasteiger partial charge on any atom is -0.192 e. The topological polar surface area (TPSA) is 23.8 Å². The molecule has 61 valence electrons. The summed E-state index contributed by atoms with van der Waals surface area (Å²) in [6.45, 7) is 6.28. The maximum atomic E-state index is 8.80. The molecule has 1 heteroatoms. The first kappa shape index (κ1) is 8.80. The SMILES string of the molecule is CC(C)(C)c1ccc[c]c1C#N. The quantitative estimate of drug-likeness (QED) is 0.569. The highest BCUT2D eigenvalue weighted by Gasteiger charge is 2.16. The van der Waals surface area contributed by atoms with Crippen LogP contribution >= 0.6 is 0 Å². The fourth-order valence-electron chi connectivity index (χ4n) is 1.15. The molecule has 0 fully saturated rings. The number of rotatable bonds is 0. The van der Waals surface area contributed by atoms with Gasteiger partial charge in [0.15, 0.2) is 0 Å². The van der Waals surface area contributed by atoms with Gasteiger partial charge in [-0.05, 0) is 11.0 Å². The summed E-state index contributed by atoms with van der Waals surface area (Å²) >= 11 is 0. The fraction of sp³-hybridized carbons (Fsp3) is 0.364. The molecule has 0 N–H and O–H groups in total. The predicted molar refractivity (Wildman–Crippen MR) is 48.7 cm³/mol. The standard InChI is InChI=1S/C11H12N/c1-11(2,3)10-7-5-4-6-9(10)8-12/h4-5,7H,1-3H3. The van der Waals surface area contributed by atoms with Gasteiger partial charge in [0.1, 0.15) is 6.07 Å². The first-order valence-corrected chi connectivity index (χ1v) is 3.97. The third-order valence-corrected chi connectivity index (χ3v) is 1.78. The van der Waals surface area contributed by atoms with Gasteiger partial charge in [-0.2, -0.15) is 5.26 Å². The average molecular weight is 158 g/mol. The third kappa shape index (κ3) is 1.65. The fourth-order valence-corrected chi connectivity index (χ4v) is 1.15. The number of hydrogen-bond acceptors (Lipinski definition) is 1. The Morgan fingerprint density at radius 2 is 2.08 bits per heavy atom. The van der Waals surface area contributed by atoms with Crippen LogP contribution in [0.4, 0.5) is 0 Å². The summed E-state index contributed by atoms with van der Waals surface area (Å²) in [6, 6.07) is 10.7. The Labute approximate surface area is 73.6 Å². The zero-order valence-corrected chi connectivity index (χ0v) is 7.68. The van der Waals surface area contributed by atoms with Crippen LogP contribution in [-0.2, 0) is 5.41 Å². The van der Waals surface area contributed by atoms with Crippen molar-refractivity contribution in [3.8, 4) is 6.07 Å². The van der Waals surface area contributed by atoms with E-state index in [-0.39, 0.29) is 5.41 Å². The number of nitriles is 1. The van der Waals surface area contributed by atoms with E-state index in [4.69, 9.17) is 5.26 Å². The summed E-state index contributed by atoms with van der Waals surface area (Å²) in [4.78, 5) is 0. The highest BCUT2D eigenvalue weighted by molar-refractivity contribution is 5.40. The molecule has 0 saturated carbocycles. The monoisotopic (exact) mass is 158 g/mol. The van der Waals surface area contributed by atoms with Crippen molar-refractivity contribution in [1.82, 2.24) is 0 Å². The van der Waals surface area contributed by atoms with Crippen LogP contribution in [0.15, 0.2) is 18.2 Å². The Morgan fingerprint density at radius 1 is 1.42 bits per heavy atom. The molecule has 1 nitrogen and oxygen atoms in total. The van der Waals surface area contributed by atoms with Crippen LogP contribution in [0.2, 0.25) is 0 Å². The van der Waals surface area contributed by atoms with Crippen molar-refractivity contribution < 1.29 is 0 Å². The Balaban J connectivity index is 3.26. The van der Waals surface area contributed by atoms with E-state index in [2.05, 4.69) is 32.9 Å². The molecule has 0 aliphatic heterocycles. The lowest BCUT2D eigenvalue weighted by molar-refractivity contribution is 0.588. The smallest absolute Gasteiger partial charge is 0.100 e. The van der Waals surface area contributed by atoms with E-state index < -0.39 is 0 Å². The van der Waals surface area contributed by atoms with Gasteiger partial charge in [0.25, 0.3) is 0 Å². The van der Waals surface area contributed by atoms with E-state index >= 15 is 0 Å². The van der Waals surface area contributed by atoms with Gasteiger partial charge in [0.05, 0.1) is 5.56 Å². The van der Waals surface area contributed by atoms with Gasteiger partial charge in [-0.25, -0.2) is 0 Å². The van der Waals surface area contributed by atoms with E-state index in [0.29, 0.717) is 5.56 Å². The van der Waals surface area contributed by atoms with Crippen LogP contribution in [0.1, 0.15) is 31.9 Å². The molecule has 1 aromatic rings. The molecular weight excluding hydrogens is 146 g/mol. The lowest BCUT2D eigenvalue weighted by Crippen LogP contribution is -2.12. The zero-order chi connectivity index (χ0) is 9.19. The number of nitrogens with zero attached hydrogens (tertiary/aromatic N) is 1. The third-order valence-electron chi connectivity index (χ3n) is 1.78. The minimum absolute atomic E-state index is 0.0306. The van der Waals surface area contributed by atoms with E-state index in [1.165, 1.54) is 0 Å². The van der Waals surface area contributed by atoms with Gasteiger partial charge in [-0.15, -0.1) is 0 Å². The Kier molecular flexibility index (Phi) is 2.19. The normalized spacial score (nSPS) is 10.8. The molecule has 0 heterocycles. The van der Waals surface area contributed by atoms with Crippen molar-refractivity contribution in [2.24, 2.45) is 0 Å². The molecule has 0 unspecified atom stereocenters. The second-order valence-corrected chi connectivity index (χ2v) is 3.82. The van der Waals surface area contributed by atoms with Crippen LogP contribution in [0.3, 0.4) is 0 Å². The lowest BCUT2D eigenvalue weighted by atomic mass is 9.84.